The highest BCUT2D eigenvalue weighted by atomic mass is 35.5. The van der Waals surface area contributed by atoms with E-state index in [0.717, 1.165) is 0 Å². The summed E-state index contributed by atoms with van der Waals surface area (Å²) in [5.74, 6) is 0.0659. The van der Waals surface area contributed by atoms with Crippen LogP contribution in [0.5, 0.6) is 5.75 Å². The highest BCUT2D eigenvalue weighted by molar-refractivity contribution is 7.85. The summed E-state index contributed by atoms with van der Waals surface area (Å²) in [6.45, 7) is 0. The lowest BCUT2D eigenvalue weighted by Gasteiger charge is -2.25. The summed E-state index contributed by atoms with van der Waals surface area (Å²) in [4.78, 5) is 12.3. The van der Waals surface area contributed by atoms with Crippen LogP contribution in [0.15, 0.2) is 48.5 Å². The predicted molar refractivity (Wildman–Crippen MR) is 82.3 cm³/mol. The van der Waals surface area contributed by atoms with Gasteiger partial charge in [-0.2, -0.15) is 13.1 Å². The minimum Gasteiger partial charge on any atom is -0.371 e. The van der Waals surface area contributed by atoms with Crippen LogP contribution < -0.4 is 8.91 Å². The molecule has 1 aliphatic heterocycles. The summed E-state index contributed by atoms with van der Waals surface area (Å²) in [7, 11) is -3.90. The Labute approximate surface area is 133 Å². The molecular formula is C15H12ClNO4S. The molecule has 0 radical (unpaired) electrons. The second-order valence-corrected chi connectivity index (χ2v) is 6.63. The second-order valence-electron chi connectivity index (χ2n) is 4.88. The fourth-order valence-electron chi connectivity index (χ4n) is 2.31. The summed E-state index contributed by atoms with van der Waals surface area (Å²) >= 11 is 5.79. The molecule has 0 saturated heterocycles. The van der Waals surface area contributed by atoms with Crippen LogP contribution in [-0.4, -0.2) is 14.2 Å². The SMILES string of the molecule is O=C(CC1NS(=O)(=O)Oc2ccccc21)c1ccc(Cl)cc1. The van der Waals surface area contributed by atoms with E-state index in [1.54, 1.807) is 48.5 Å². The van der Waals surface area contributed by atoms with Crippen molar-refractivity contribution in [3.05, 3.63) is 64.7 Å². The largest absolute Gasteiger partial charge is 0.383 e. The summed E-state index contributed by atoms with van der Waals surface area (Å²) in [5.41, 5.74) is 1.12. The van der Waals surface area contributed by atoms with Crippen LogP contribution in [0.3, 0.4) is 0 Å². The van der Waals surface area contributed by atoms with E-state index in [0.29, 0.717) is 16.1 Å². The van der Waals surface area contributed by atoms with Crippen molar-refractivity contribution >= 4 is 27.7 Å². The lowest BCUT2D eigenvalue weighted by atomic mass is 9.98. The average molecular weight is 338 g/mol. The molecule has 114 valence electrons. The molecule has 2 aromatic carbocycles. The summed E-state index contributed by atoms with van der Waals surface area (Å²) in [6.07, 6.45) is 0.00123. The second kappa shape index (κ2) is 5.72. The van der Waals surface area contributed by atoms with Crippen molar-refractivity contribution in [1.82, 2.24) is 4.72 Å². The summed E-state index contributed by atoms with van der Waals surface area (Å²) in [5, 5.41) is 0.536. The number of nitrogens with one attached hydrogen (secondary N) is 1. The molecule has 1 atom stereocenters. The van der Waals surface area contributed by atoms with E-state index in [9.17, 15) is 13.2 Å². The number of para-hydroxylation sites is 1. The van der Waals surface area contributed by atoms with Crippen molar-refractivity contribution in [3.8, 4) is 5.75 Å². The molecule has 1 aliphatic rings. The number of carbonyl (C=O) groups is 1. The van der Waals surface area contributed by atoms with Gasteiger partial charge in [0.2, 0.25) is 0 Å². The molecule has 22 heavy (non-hydrogen) atoms. The van der Waals surface area contributed by atoms with Gasteiger partial charge in [0, 0.05) is 22.6 Å². The summed E-state index contributed by atoms with van der Waals surface area (Å²) < 4.78 is 30.7. The number of carbonyl (C=O) groups excluding carboxylic acids is 1. The minimum absolute atomic E-state index is 0.00123. The normalized spacial score (nSPS) is 19.0. The molecule has 0 amide bonds. The molecule has 3 rings (SSSR count). The quantitative estimate of drug-likeness (QED) is 0.874. The Hall–Kier alpha value is -1.89. The molecule has 0 aromatic heterocycles. The van der Waals surface area contributed by atoms with Crippen molar-refractivity contribution in [2.45, 2.75) is 12.5 Å². The van der Waals surface area contributed by atoms with Gasteiger partial charge in [0.1, 0.15) is 5.75 Å². The number of hydrogen-bond acceptors (Lipinski definition) is 4. The van der Waals surface area contributed by atoms with Gasteiger partial charge < -0.3 is 4.18 Å². The number of halogens is 1. The molecule has 0 spiro atoms. The molecule has 0 aliphatic carbocycles. The first-order valence-corrected chi connectivity index (χ1v) is 8.33. The zero-order valence-corrected chi connectivity index (χ0v) is 12.9. The Balaban J connectivity index is 1.88. The van der Waals surface area contributed by atoms with E-state index in [1.807, 2.05) is 0 Å². The van der Waals surface area contributed by atoms with Gasteiger partial charge in [-0.25, -0.2) is 0 Å². The number of hydrogen-bond donors (Lipinski definition) is 1. The molecule has 0 bridgehead atoms. The van der Waals surface area contributed by atoms with E-state index in [-0.39, 0.29) is 18.0 Å². The van der Waals surface area contributed by atoms with E-state index in [4.69, 9.17) is 15.8 Å². The standard InChI is InChI=1S/C15H12ClNO4S/c16-11-7-5-10(6-8-11)14(18)9-13-12-3-1-2-4-15(12)21-22(19,20)17-13/h1-8,13,17H,9H2. The molecule has 0 fully saturated rings. The zero-order valence-electron chi connectivity index (χ0n) is 11.3. The molecule has 1 unspecified atom stereocenters. The van der Waals surface area contributed by atoms with E-state index >= 15 is 0 Å². The molecule has 2 aromatic rings. The third-order valence-corrected chi connectivity index (χ3v) is 4.56. The van der Waals surface area contributed by atoms with Gasteiger partial charge in [-0.15, -0.1) is 0 Å². The third-order valence-electron chi connectivity index (χ3n) is 3.34. The fraction of sp³-hybridized carbons (Fsp3) is 0.133. The Kier molecular flexibility index (Phi) is 3.90. The molecule has 7 heteroatoms. The lowest BCUT2D eigenvalue weighted by Crippen LogP contribution is -2.37. The van der Waals surface area contributed by atoms with Crippen LogP contribution in [0.1, 0.15) is 28.4 Å². The lowest BCUT2D eigenvalue weighted by molar-refractivity contribution is 0.0971. The Bertz CT molecular complexity index is 818. The third kappa shape index (κ3) is 3.14. The van der Waals surface area contributed by atoms with Crippen molar-refractivity contribution < 1.29 is 17.4 Å². The maximum atomic E-state index is 12.3. The number of rotatable bonds is 3. The number of benzene rings is 2. The van der Waals surface area contributed by atoms with Gasteiger partial charge in [-0.3, -0.25) is 4.79 Å². The van der Waals surface area contributed by atoms with Gasteiger partial charge in [0.25, 0.3) is 0 Å². The Morgan fingerprint density at radius 2 is 1.82 bits per heavy atom. The van der Waals surface area contributed by atoms with E-state index < -0.39 is 16.3 Å². The van der Waals surface area contributed by atoms with Crippen molar-refractivity contribution in [1.29, 1.82) is 0 Å². The Morgan fingerprint density at radius 3 is 2.55 bits per heavy atom. The van der Waals surface area contributed by atoms with Crippen molar-refractivity contribution in [2.24, 2.45) is 0 Å². The van der Waals surface area contributed by atoms with Crippen LogP contribution in [-0.2, 0) is 10.3 Å². The van der Waals surface area contributed by atoms with Gasteiger partial charge in [0.05, 0.1) is 6.04 Å². The summed E-state index contributed by atoms with van der Waals surface area (Å²) in [6, 6.07) is 12.6. The number of fused-ring (bicyclic) bond motifs is 1. The van der Waals surface area contributed by atoms with E-state index in [2.05, 4.69) is 4.72 Å². The van der Waals surface area contributed by atoms with Gasteiger partial charge >= 0.3 is 10.3 Å². The first-order chi connectivity index (χ1) is 10.4. The van der Waals surface area contributed by atoms with Gasteiger partial charge in [-0.05, 0) is 30.3 Å². The van der Waals surface area contributed by atoms with Crippen LogP contribution in [0.2, 0.25) is 5.02 Å². The van der Waals surface area contributed by atoms with Gasteiger partial charge in [0.15, 0.2) is 5.78 Å². The molecule has 1 N–H and O–H groups in total. The molecule has 1 heterocycles. The molecule has 5 nitrogen and oxygen atoms in total. The fourth-order valence-corrected chi connectivity index (χ4v) is 3.44. The minimum atomic E-state index is -3.90. The molecule has 0 saturated carbocycles. The average Bonchev–Trinajstić information content (AvgIpc) is 2.46. The highest BCUT2D eigenvalue weighted by Crippen LogP contribution is 2.33. The van der Waals surface area contributed by atoms with Crippen LogP contribution in [0.25, 0.3) is 0 Å². The van der Waals surface area contributed by atoms with Crippen LogP contribution in [0.4, 0.5) is 0 Å². The molecular weight excluding hydrogens is 326 g/mol. The highest BCUT2D eigenvalue weighted by Gasteiger charge is 2.31. The topological polar surface area (TPSA) is 72.5 Å². The maximum absolute atomic E-state index is 12.3. The smallest absolute Gasteiger partial charge is 0.371 e. The monoisotopic (exact) mass is 337 g/mol. The van der Waals surface area contributed by atoms with Gasteiger partial charge in [-0.1, -0.05) is 29.8 Å². The number of ketones is 1. The first-order valence-electron chi connectivity index (χ1n) is 6.54. The predicted octanol–water partition coefficient (Wildman–Crippen LogP) is 2.88. The van der Waals surface area contributed by atoms with Crippen molar-refractivity contribution in [3.63, 3.8) is 0 Å². The van der Waals surface area contributed by atoms with Crippen LogP contribution >= 0.6 is 11.6 Å². The zero-order chi connectivity index (χ0) is 15.7. The van der Waals surface area contributed by atoms with E-state index in [1.165, 1.54) is 0 Å². The van der Waals surface area contributed by atoms with Crippen LogP contribution in [0, 0.1) is 0 Å². The number of Topliss-reactive ketones (excluding diaryl/α,β-unsaturated/α-hetero) is 1. The maximum Gasteiger partial charge on any atom is 0.383 e. The first kappa shape index (κ1) is 15.0. The van der Waals surface area contributed by atoms with Crippen molar-refractivity contribution in [2.75, 3.05) is 0 Å². The Morgan fingerprint density at radius 1 is 1.14 bits per heavy atom.